The van der Waals surface area contributed by atoms with Crippen LogP contribution >= 0.6 is 11.6 Å². The number of methoxy groups -OCH3 is 1. The zero-order valence-corrected chi connectivity index (χ0v) is 26.3. The van der Waals surface area contributed by atoms with Gasteiger partial charge in [-0.2, -0.15) is 4.31 Å². The number of halogens is 2. The van der Waals surface area contributed by atoms with Crippen molar-refractivity contribution in [3.05, 3.63) is 94.8 Å². The average Bonchev–Trinajstić information content (AvgIpc) is 3.02. The lowest BCUT2D eigenvalue weighted by Gasteiger charge is -2.45. The van der Waals surface area contributed by atoms with Crippen LogP contribution in [0.1, 0.15) is 24.5 Å². The molecule has 240 valence electrons. The summed E-state index contributed by atoms with van der Waals surface area (Å²) in [5.74, 6) is -1.90. The number of hydroxylamine groups is 1. The van der Waals surface area contributed by atoms with Gasteiger partial charge in [-0.25, -0.2) is 18.3 Å². The number of hydrogen-bond donors (Lipinski definition) is 2. The van der Waals surface area contributed by atoms with E-state index in [1.54, 1.807) is 29.7 Å². The van der Waals surface area contributed by atoms with Crippen molar-refractivity contribution in [2.24, 2.45) is 0 Å². The molecule has 0 bridgehead atoms. The second-order valence-electron chi connectivity index (χ2n) is 10.6. The van der Waals surface area contributed by atoms with Crippen LogP contribution in [-0.4, -0.2) is 84.3 Å². The van der Waals surface area contributed by atoms with Crippen LogP contribution in [0.4, 0.5) is 4.39 Å². The first-order valence-electron chi connectivity index (χ1n) is 14.1. The molecule has 0 radical (unpaired) electrons. The first-order valence-corrected chi connectivity index (χ1v) is 15.9. The van der Waals surface area contributed by atoms with Gasteiger partial charge >= 0.3 is 0 Å². The molecule has 1 aliphatic rings. The molecule has 0 spiro atoms. The SMILES string of the molecule is COc1ccc(S(=O)(=O)N(CCc2cccc(Cl)c2)CC(=O)N2C(CC(=O)NO)CN(Cc3ccc(F)cc3)C(=O)C2C)cc1. The molecule has 0 aromatic heterocycles. The third-order valence-electron chi connectivity index (χ3n) is 7.58. The minimum atomic E-state index is -4.22. The lowest BCUT2D eigenvalue weighted by Crippen LogP contribution is -2.64. The molecule has 14 heteroatoms. The number of carbonyl (C=O) groups excluding carboxylic acids is 3. The van der Waals surface area contributed by atoms with Gasteiger partial charge in [0.2, 0.25) is 27.7 Å². The fourth-order valence-corrected chi connectivity index (χ4v) is 6.89. The van der Waals surface area contributed by atoms with E-state index in [1.807, 2.05) is 0 Å². The highest BCUT2D eigenvalue weighted by Crippen LogP contribution is 2.25. The molecule has 11 nitrogen and oxygen atoms in total. The van der Waals surface area contributed by atoms with E-state index in [1.165, 1.54) is 72.4 Å². The van der Waals surface area contributed by atoms with Crippen LogP contribution in [0.5, 0.6) is 5.75 Å². The highest BCUT2D eigenvalue weighted by molar-refractivity contribution is 7.89. The number of ether oxygens (including phenoxy) is 1. The van der Waals surface area contributed by atoms with Crippen LogP contribution in [-0.2, 0) is 37.4 Å². The molecule has 1 heterocycles. The maximum atomic E-state index is 14.0. The molecule has 0 saturated carbocycles. The summed E-state index contributed by atoms with van der Waals surface area (Å²) in [7, 11) is -2.77. The number of amides is 3. The lowest BCUT2D eigenvalue weighted by atomic mass is 10.0. The standard InChI is InChI=1S/C31H34ClFN4O7S/c1-21-31(40)35(18-23-6-8-25(33)9-7-23)19-26(17-29(38)34-41)37(21)30(39)20-36(15-14-22-4-3-5-24(32)16-22)45(42,43)28-12-10-27(44-2)11-13-28/h3-13,16,21,26,41H,14-15,17-20H2,1-2H3,(H,34,38). The number of carbonyl (C=O) groups is 3. The first kappa shape index (κ1) is 33.8. The third-order valence-corrected chi connectivity index (χ3v) is 9.67. The van der Waals surface area contributed by atoms with E-state index in [-0.39, 0.29) is 37.4 Å². The molecule has 1 fully saturated rings. The van der Waals surface area contributed by atoms with Gasteiger partial charge in [-0.1, -0.05) is 35.9 Å². The zero-order valence-electron chi connectivity index (χ0n) is 24.7. The number of rotatable bonds is 12. The summed E-state index contributed by atoms with van der Waals surface area (Å²) in [5, 5.41) is 9.70. The van der Waals surface area contributed by atoms with Crippen LogP contribution in [0.2, 0.25) is 5.02 Å². The fourth-order valence-electron chi connectivity index (χ4n) is 5.29. The first-order chi connectivity index (χ1) is 21.4. The Morgan fingerprint density at radius 2 is 1.78 bits per heavy atom. The number of hydrogen-bond acceptors (Lipinski definition) is 7. The Kier molecular flexibility index (Phi) is 11.2. The topological polar surface area (TPSA) is 137 Å². The van der Waals surface area contributed by atoms with Crippen LogP contribution in [0, 0.1) is 5.82 Å². The number of benzene rings is 3. The number of sulfonamides is 1. The summed E-state index contributed by atoms with van der Waals surface area (Å²) in [4.78, 5) is 42.3. The molecular weight excluding hydrogens is 627 g/mol. The van der Waals surface area contributed by atoms with Crippen molar-refractivity contribution < 1.29 is 37.1 Å². The van der Waals surface area contributed by atoms with Gasteiger partial charge in [0, 0.05) is 24.7 Å². The van der Waals surface area contributed by atoms with Crippen molar-refractivity contribution in [2.75, 3.05) is 26.7 Å². The van der Waals surface area contributed by atoms with Crippen LogP contribution in [0.3, 0.4) is 0 Å². The largest absolute Gasteiger partial charge is 0.497 e. The van der Waals surface area contributed by atoms with Crippen molar-refractivity contribution in [2.45, 2.75) is 43.3 Å². The van der Waals surface area contributed by atoms with Crippen molar-refractivity contribution >= 4 is 39.3 Å². The monoisotopic (exact) mass is 660 g/mol. The molecule has 4 rings (SSSR count). The van der Waals surface area contributed by atoms with Crippen molar-refractivity contribution in [3.63, 3.8) is 0 Å². The summed E-state index contributed by atoms with van der Waals surface area (Å²) >= 11 is 6.12. The molecular formula is C31H34ClFN4O7S. The maximum absolute atomic E-state index is 14.0. The molecule has 2 unspecified atom stereocenters. The van der Waals surface area contributed by atoms with E-state index < -0.39 is 52.2 Å². The van der Waals surface area contributed by atoms with Crippen molar-refractivity contribution in [1.82, 2.24) is 19.6 Å². The molecule has 2 N–H and O–H groups in total. The summed E-state index contributed by atoms with van der Waals surface area (Å²) in [6.07, 6.45) is -0.118. The van der Waals surface area contributed by atoms with Crippen LogP contribution < -0.4 is 10.2 Å². The van der Waals surface area contributed by atoms with E-state index >= 15 is 0 Å². The Hall–Kier alpha value is -4.04. The smallest absolute Gasteiger partial charge is 0.245 e. The zero-order chi connectivity index (χ0) is 32.7. The van der Waals surface area contributed by atoms with Gasteiger partial charge in [0.25, 0.3) is 0 Å². The van der Waals surface area contributed by atoms with Gasteiger partial charge in [-0.15, -0.1) is 0 Å². The Balaban J connectivity index is 1.62. The highest BCUT2D eigenvalue weighted by Gasteiger charge is 2.42. The van der Waals surface area contributed by atoms with Gasteiger partial charge < -0.3 is 14.5 Å². The predicted octanol–water partition coefficient (Wildman–Crippen LogP) is 3.24. The third kappa shape index (κ3) is 8.37. The van der Waals surface area contributed by atoms with E-state index in [9.17, 15) is 32.4 Å². The van der Waals surface area contributed by atoms with Gasteiger partial charge in [0.05, 0.1) is 31.0 Å². The second-order valence-corrected chi connectivity index (χ2v) is 13.0. The van der Waals surface area contributed by atoms with Gasteiger partial charge in [-0.05, 0) is 73.0 Å². The minimum Gasteiger partial charge on any atom is -0.497 e. The highest BCUT2D eigenvalue weighted by atomic mass is 35.5. The maximum Gasteiger partial charge on any atom is 0.245 e. The molecule has 3 aromatic carbocycles. The number of piperazine rings is 1. The van der Waals surface area contributed by atoms with Gasteiger partial charge in [0.1, 0.15) is 17.6 Å². The Bertz CT molecular complexity index is 1620. The quantitative estimate of drug-likeness (QED) is 0.225. The van der Waals surface area contributed by atoms with Gasteiger partial charge in [-0.3, -0.25) is 19.6 Å². The molecule has 0 aliphatic carbocycles. The van der Waals surface area contributed by atoms with Crippen molar-refractivity contribution in [3.8, 4) is 5.75 Å². The lowest BCUT2D eigenvalue weighted by molar-refractivity contribution is -0.157. The molecule has 45 heavy (non-hydrogen) atoms. The normalized spacial score (nSPS) is 17.0. The Morgan fingerprint density at radius 3 is 2.40 bits per heavy atom. The number of nitrogens with zero attached hydrogens (tertiary/aromatic N) is 3. The summed E-state index contributed by atoms with van der Waals surface area (Å²) in [5.41, 5.74) is 2.95. The molecule has 1 saturated heterocycles. The van der Waals surface area contributed by atoms with Gasteiger partial charge in [0.15, 0.2) is 0 Å². The average molecular weight is 661 g/mol. The van der Waals surface area contributed by atoms with E-state index in [0.717, 1.165) is 9.87 Å². The van der Waals surface area contributed by atoms with Crippen LogP contribution in [0.25, 0.3) is 0 Å². The van der Waals surface area contributed by atoms with E-state index in [2.05, 4.69) is 0 Å². The Labute approximate surface area is 266 Å². The minimum absolute atomic E-state index is 0.0633. The van der Waals surface area contributed by atoms with Crippen LogP contribution in [0.15, 0.2) is 77.7 Å². The second kappa shape index (κ2) is 14.8. The molecule has 2 atom stereocenters. The van der Waals surface area contributed by atoms with Crippen molar-refractivity contribution in [1.29, 1.82) is 0 Å². The summed E-state index contributed by atoms with van der Waals surface area (Å²) in [6.45, 7) is 0.805. The molecule has 3 aromatic rings. The molecule has 3 amide bonds. The summed E-state index contributed by atoms with van der Waals surface area (Å²) < 4.78 is 47.3. The predicted molar refractivity (Wildman–Crippen MR) is 163 cm³/mol. The van der Waals surface area contributed by atoms with E-state index in [4.69, 9.17) is 16.3 Å². The summed E-state index contributed by atoms with van der Waals surface area (Å²) in [6, 6.07) is 16.3. The Morgan fingerprint density at radius 1 is 1.09 bits per heavy atom. The van der Waals surface area contributed by atoms with E-state index in [0.29, 0.717) is 16.3 Å². The number of nitrogens with one attached hydrogen (secondary N) is 1. The molecule has 1 aliphatic heterocycles. The fraction of sp³-hybridized carbons (Fsp3) is 0.323.